The summed E-state index contributed by atoms with van der Waals surface area (Å²) >= 11 is 3.42. The third-order valence-corrected chi connectivity index (χ3v) is 4.70. The molecule has 6 heteroatoms. The van der Waals surface area contributed by atoms with E-state index in [-0.39, 0.29) is 24.3 Å². The maximum atomic E-state index is 12.0. The quantitative estimate of drug-likeness (QED) is 0.870. The summed E-state index contributed by atoms with van der Waals surface area (Å²) in [6.07, 6.45) is 0. The summed E-state index contributed by atoms with van der Waals surface area (Å²) in [4.78, 5) is 25.0. The van der Waals surface area contributed by atoms with Crippen LogP contribution >= 0.6 is 15.9 Å². The molecule has 0 aliphatic carbocycles. The fourth-order valence-corrected chi connectivity index (χ4v) is 2.89. The lowest BCUT2D eigenvalue weighted by Crippen LogP contribution is -2.32. The molecule has 21 heavy (non-hydrogen) atoms. The van der Waals surface area contributed by atoms with E-state index in [1.165, 1.54) is 0 Å². The van der Waals surface area contributed by atoms with Crippen LogP contribution in [0.2, 0.25) is 0 Å². The molecular weight excluding hydrogens is 336 g/mol. The molecule has 1 saturated heterocycles. The molecule has 1 aliphatic heterocycles. The number of carboxylic acid groups (broad SMARTS) is 1. The first-order valence-corrected chi connectivity index (χ1v) is 7.67. The van der Waals surface area contributed by atoms with Gasteiger partial charge in [-0.3, -0.25) is 14.5 Å². The van der Waals surface area contributed by atoms with Gasteiger partial charge in [0.2, 0.25) is 5.91 Å². The van der Waals surface area contributed by atoms with Crippen LogP contribution in [0.4, 0.5) is 5.69 Å². The molecule has 1 amide bonds. The van der Waals surface area contributed by atoms with E-state index in [2.05, 4.69) is 21.2 Å². The van der Waals surface area contributed by atoms with Crippen LogP contribution in [0, 0.1) is 18.8 Å². The third-order valence-electron chi connectivity index (χ3n) is 3.81. The lowest BCUT2D eigenvalue weighted by atomic mass is 9.99. The Morgan fingerprint density at radius 3 is 2.71 bits per heavy atom. The molecule has 0 saturated carbocycles. The summed E-state index contributed by atoms with van der Waals surface area (Å²) in [6, 6.07) is 5.62. The van der Waals surface area contributed by atoms with E-state index in [1.54, 1.807) is 0 Å². The molecule has 1 aliphatic rings. The monoisotopic (exact) mass is 354 g/mol. The Bertz CT molecular complexity index is 562. The number of aliphatic carboxylic acids is 1. The van der Waals surface area contributed by atoms with Crippen LogP contribution in [0.15, 0.2) is 22.7 Å². The van der Waals surface area contributed by atoms with Crippen molar-refractivity contribution in [1.82, 2.24) is 4.90 Å². The van der Waals surface area contributed by atoms with E-state index in [0.717, 1.165) is 15.7 Å². The lowest BCUT2D eigenvalue weighted by Gasteiger charge is -2.15. The molecule has 0 bridgehead atoms. The second-order valence-electron chi connectivity index (χ2n) is 5.63. The van der Waals surface area contributed by atoms with E-state index in [0.29, 0.717) is 13.1 Å². The number of anilines is 1. The maximum Gasteiger partial charge on any atom is 0.308 e. The topological polar surface area (TPSA) is 69.6 Å². The molecule has 0 aromatic heterocycles. The number of hydrogen-bond acceptors (Lipinski definition) is 3. The Morgan fingerprint density at radius 1 is 1.43 bits per heavy atom. The van der Waals surface area contributed by atoms with Crippen molar-refractivity contribution in [3.8, 4) is 0 Å². The molecule has 2 atom stereocenters. The van der Waals surface area contributed by atoms with E-state index >= 15 is 0 Å². The Morgan fingerprint density at radius 2 is 2.14 bits per heavy atom. The van der Waals surface area contributed by atoms with Gasteiger partial charge in [0.1, 0.15) is 0 Å². The average Bonchev–Trinajstić information content (AvgIpc) is 2.75. The highest BCUT2D eigenvalue weighted by atomic mass is 79.9. The number of rotatable bonds is 4. The second-order valence-corrected chi connectivity index (χ2v) is 6.48. The van der Waals surface area contributed by atoms with Crippen molar-refractivity contribution >= 4 is 33.5 Å². The SMILES string of the molecule is Cc1cc(NC(=O)CN2C[C@@H](C)[C@H](C(=O)O)C2)ccc1Br. The van der Waals surface area contributed by atoms with Crippen molar-refractivity contribution in [2.75, 3.05) is 25.0 Å². The predicted molar refractivity (Wildman–Crippen MR) is 84.2 cm³/mol. The van der Waals surface area contributed by atoms with Gasteiger partial charge in [0.15, 0.2) is 0 Å². The maximum absolute atomic E-state index is 12.0. The number of carboxylic acids is 1. The van der Waals surface area contributed by atoms with Crippen LogP contribution in [0.5, 0.6) is 0 Å². The molecule has 114 valence electrons. The predicted octanol–water partition coefficient (Wildman–Crippen LogP) is 2.35. The number of benzene rings is 1. The molecule has 1 heterocycles. The number of carbonyl (C=O) groups excluding carboxylic acids is 1. The van der Waals surface area contributed by atoms with Crippen molar-refractivity contribution in [2.45, 2.75) is 13.8 Å². The van der Waals surface area contributed by atoms with E-state index in [1.807, 2.05) is 36.9 Å². The standard InChI is InChI=1S/C15H19BrN2O3/c1-9-5-11(3-4-13(9)16)17-14(19)8-18-6-10(2)12(7-18)15(20)21/h3-5,10,12H,6-8H2,1-2H3,(H,17,19)(H,20,21)/t10-,12-/m1/s1. The number of hydrogen-bond donors (Lipinski definition) is 2. The number of amides is 1. The number of likely N-dealkylation sites (tertiary alicyclic amines) is 1. The van der Waals surface area contributed by atoms with Crippen LogP contribution in [0.1, 0.15) is 12.5 Å². The van der Waals surface area contributed by atoms with Crippen LogP contribution < -0.4 is 5.32 Å². The highest BCUT2D eigenvalue weighted by Crippen LogP contribution is 2.23. The van der Waals surface area contributed by atoms with E-state index in [9.17, 15) is 9.59 Å². The van der Waals surface area contributed by atoms with Gasteiger partial charge >= 0.3 is 5.97 Å². The third kappa shape index (κ3) is 4.04. The Kier molecular flexibility index (Phi) is 5.00. The smallest absolute Gasteiger partial charge is 0.308 e. The first kappa shape index (κ1) is 16.0. The fraction of sp³-hybridized carbons (Fsp3) is 0.467. The zero-order valence-electron chi connectivity index (χ0n) is 12.1. The number of nitrogens with zero attached hydrogens (tertiary/aromatic N) is 1. The summed E-state index contributed by atoms with van der Waals surface area (Å²) in [7, 11) is 0. The molecule has 2 rings (SSSR count). The first-order chi connectivity index (χ1) is 9.86. The van der Waals surface area contributed by atoms with E-state index in [4.69, 9.17) is 5.11 Å². The first-order valence-electron chi connectivity index (χ1n) is 6.88. The summed E-state index contributed by atoms with van der Waals surface area (Å²) in [5.41, 5.74) is 1.80. The van der Waals surface area contributed by atoms with Crippen LogP contribution in [0.25, 0.3) is 0 Å². The number of aryl methyl sites for hydroxylation is 1. The molecular formula is C15H19BrN2O3. The van der Waals surface area contributed by atoms with Gasteiger partial charge in [0, 0.05) is 23.2 Å². The number of nitrogens with one attached hydrogen (secondary N) is 1. The minimum absolute atomic E-state index is 0.0743. The van der Waals surface area contributed by atoms with Gasteiger partial charge < -0.3 is 10.4 Å². The van der Waals surface area contributed by atoms with E-state index < -0.39 is 5.97 Å². The van der Waals surface area contributed by atoms with Gasteiger partial charge in [-0.15, -0.1) is 0 Å². The van der Waals surface area contributed by atoms with Crippen molar-refractivity contribution in [1.29, 1.82) is 0 Å². The molecule has 0 unspecified atom stereocenters. The average molecular weight is 355 g/mol. The molecule has 1 aromatic carbocycles. The van der Waals surface area contributed by atoms with Gasteiger partial charge in [0.25, 0.3) is 0 Å². The molecule has 2 N–H and O–H groups in total. The summed E-state index contributed by atoms with van der Waals surface area (Å²) in [5, 5.41) is 11.9. The number of halogens is 1. The summed E-state index contributed by atoms with van der Waals surface area (Å²) in [5.74, 6) is -1.21. The Labute approximate surface area is 132 Å². The fourth-order valence-electron chi connectivity index (χ4n) is 2.64. The van der Waals surface area contributed by atoms with Crippen molar-refractivity contribution in [3.05, 3.63) is 28.2 Å². The normalized spacial score (nSPS) is 22.2. The van der Waals surface area contributed by atoms with Gasteiger partial charge in [0.05, 0.1) is 12.5 Å². The largest absolute Gasteiger partial charge is 0.481 e. The molecule has 1 fully saturated rings. The highest BCUT2D eigenvalue weighted by Gasteiger charge is 2.35. The van der Waals surface area contributed by atoms with Gasteiger partial charge in [-0.1, -0.05) is 22.9 Å². The zero-order chi connectivity index (χ0) is 15.6. The van der Waals surface area contributed by atoms with Crippen LogP contribution in [-0.2, 0) is 9.59 Å². The van der Waals surface area contributed by atoms with Crippen molar-refractivity contribution < 1.29 is 14.7 Å². The molecule has 5 nitrogen and oxygen atoms in total. The Balaban J connectivity index is 1.90. The summed E-state index contributed by atoms with van der Waals surface area (Å²) in [6.45, 7) is 5.17. The minimum atomic E-state index is -0.783. The second kappa shape index (κ2) is 6.58. The number of carbonyl (C=O) groups is 2. The Hall–Kier alpha value is -1.40. The van der Waals surface area contributed by atoms with Crippen molar-refractivity contribution in [3.63, 3.8) is 0 Å². The highest BCUT2D eigenvalue weighted by molar-refractivity contribution is 9.10. The van der Waals surface area contributed by atoms with Crippen molar-refractivity contribution in [2.24, 2.45) is 11.8 Å². The minimum Gasteiger partial charge on any atom is -0.481 e. The van der Waals surface area contributed by atoms with Gasteiger partial charge in [-0.2, -0.15) is 0 Å². The lowest BCUT2D eigenvalue weighted by molar-refractivity contribution is -0.142. The van der Waals surface area contributed by atoms with Crippen LogP contribution in [0.3, 0.4) is 0 Å². The van der Waals surface area contributed by atoms with Crippen LogP contribution in [-0.4, -0.2) is 41.5 Å². The molecule has 1 aromatic rings. The van der Waals surface area contributed by atoms with Gasteiger partial charge in [-0.25, -0.2) is 0 Å². The summed E-state index contributed by atoms with van der Waals surface area (Å²) < 4.78 is 0.998. The molecule has 0 spiro atoms. The molecule has 0 radical (unpaired) electrons. The van der Waals surface area contributed by atoms with Gasteiger partial charge in [-0.05, 0) is 36.6 Å². The zero-order valence-corrected chi connectivity index (χ0v) is 13.7.